The van der Waals surface area contributed by atoms with E-state index in [1.165, 1.54) is 11.1 Å². The van der Waals surface area contributed by atoms with E-state index in [1.807, 2.05) is 30.3 Å². The molecule has 0 spiro atoms. The van der Waals surface area contributed by atoms with E-state index in [0.717, 1.165) is 29.9 Å². The molecule has 2 aromatic carbocycles. The quantitative estimate of drug-likeness (QED) is 0.610. The second-order valence-corrected chi connectivity index (χ2v) is 6.83. The minimum atomic E-state index is -0.209. The van der Waals surface area contributed by atoms with Crippen LogP contribution < -0.4 is 20.1 Å². The molecular weight excluding hydrogens is 368 g/mol. The van der Waals surface area contributed by atoms with Gasteiger partial charge in [0.2, 0.25) is 11.8 Å². The Kier molecular flexibility index (Phi) is 9.02. The highest BCUT2D eigenvalue weighted by Gasteiger charge is 2.08. The van der Waals surface area contributed by atoms with E-state index in [9.17, 15) is 9.59 Å². The van der Waals surface area contributed by atoms with E-state index < -0.39 is 0 Å². The molecule has 156 valence electrons. The van der Waals surface area contributed by atoms with Gasteiger partial charge in [-0.2, -0.15) is 0 Å². The summed E-state index contributed by atoms with van der Waals surface area (Å²) in [5, 5.41) is 5.49. The first-order valence-electron chi connectivity index (χ1n) is 9.82. The van der Waals surface area contributed by atoms with Gasteiger partial charge >= 0.3 is 0 Å². The van der Waals surface area contributed by atoms with Crippen molar-refractivity contribution in [2.75, 3.05) is 27.3 Å². The lowest BCUT2D eigenvalue weighted by molar-refractivity contribution is -0.126. The summed E-state index contributed by atoms with van der Waals surface area (Å²) in [5.74, 6) is 1.18. The van der Waals surface area contributed by atoms with Crippen LogP contribution in [-0.2, 0) is 22.4 Å². The van der Waals surface area contributed by atoms with Crippen LogP contribution >= 0.6 is 0 Å². The summed E-state index contributed by atoms with van der Waals surface area (Å²) in [5.41, 5.74) is 3.44. The number of methoxy groups -OCH3 is 2. The highest BCUT2D eigenvalue weighted by molar-refractivity contribution is 5.84. The summed E-state index contributed by atoms with van der Waals surface area (Å²) in [7, 11) is 3.22. The summed E-state index contributed by atoms with van der Waals surface area (Å²) >= 11 is 0. The van der Waals surface area contributed by atoms with Gasteiger partial charge in [-0.15, -0.1) is 0 Å². The topological polar surface area (TPSA) is 76.7 Å². The average molecular weight is 399 g/mol. The molecule has 0 heterocycles. The van der Waals surface area contributed by atoms with Gasteiger partial charge in [-0.3, -0.25) is 9.59 Å². The molecule has 2 amide bonds. The third-order valence-corrected chi connectivity index (χ3v) is 4.76. The fraction of sp³-hybridized carbons (Fsp3) is 0.391. The number of rotatable bonds is 11. The lowest BCUT2D eigenvalue weighted by Gasteiger charge is -2.11. The van der Waals surface area contributed by atoms with Crippen molar-refractivity contribution in [2.24, 2.45) is 0 Å². The van der Waals surface area contributed by atoms with Crippen LogP contribution in [0.3, 0.4) is 0 Å². The molecule has 0 bridgehead atoms. The molecule has 29 heavy (non-hydrogen) atoms. The molecule has 0 aliphatic heterocycles. The number of benzene rings is 2. The molecule has 0 aliphatic carbocycles. The molecule has 2 rings (SSSR count). The van der Waals surface area contributed by atoms with E-state index in [2.05, 4.69) is 29.7 Å². The number of hydrogen-bond acceptors (Lipinski definition) is 4. The van der Waals surface area contributed by atoms with Crippen LogP contribution in [0.15, 0.2) is 42.5 Å². The minimum absolute atomic E-state index is 0.0154. The van der Waals surface area contributed by atoms with Crippen molar-refractivity contribution in [3.63, 3.8) is 0 Å². The molecular formula is C23H30N2O4. The fourth-order valence-corrected chi connectivity index (χ4v) is 3.07. The largest absolute Gasteiger partial charge is 0.497 e. The second kappa shape index (κ2) is 11.7. The highest BCUT2D eigenvalue weighted by atomic mass is 16.5. The normalized spacial score (nSPS) is 10.3. The lowest BCUT2D eigenvalue weighted by Crippen LogP contribution is -2.37. The van der Waals surface area contributed by atoms with Crippen LogP contribution in [0.25, 0.3) is 0 Å². The first-order valence-corrected chi connectivity index (χ1v) is 9.82. The summed E-state index contributed by atoms with van der Waals surface area (Å²) in [6.07, 6.45) is 2.63. The third-order valence-electron chi connectivity index (χ3n) is 4.76. The van der Waals surface area contributed by atoms with E-state index in [0.29, 0.717) is 19.4 Å². The van der Waals surface area contributed by atoms with E-state index >= 15 is 0 Å². The Balaban J connectivity index is 1.65. The first-order chi connectivity index (χ1) is 14.0. The highest BCUT2D eigenvalue weighted by Crippen LogP contribution is 2.24. The molecule has 0 aromatic heterocycles. The minimum Gasteiger partial charge on any atom is -0.497 e. The monoisotopic (exact) mass is 398 g/mol. The Labute approximate surface area is 172 Å². The summed E-state index contributed by atoms with van der Waals surface area (Å²) < 4.78 is 10.6. The van der Waals surface area contributed by atoms with Gasteiger partial charge in [0.1, 0.15) is 11.5 Å². The number of hydrogen-bond donors (Lipinski definition) is 2. The molecule has 0 fully saturated rings. The van der Waals surface area contributed by atoms with Gasteiger partial charge in [0.25, 0.3) is 0 Å². The van der Waals surface area contributed by atoms with Crippen molar-refractivity contribution in [3.05, 3.63) is 59.2 Å². The van der Waals surface area contributed by atoms with E-state index in [1.54, 1.807) is 14.2 Å². The van der Waals surface area contributed by atoms with Gasteiger partial charge in [0, 0.05) is 13.0 Å². The van der Waals surface area contributed by atoms with Gasteiger partial charge in [0.05, 0.1) is 20.8 Å². The predicted molar refractivity (Wildman–Crippen MR) is 113 cm³/mol. The van der Waals surface area contributed by atoms with Crippen LogP contribution in [0.5, 0.6) is 11.5 Å². The third kappa shape index (κ3) is 7.49. The zero-order valence-electron chi connectivity index (χ0n) is 17.4. The van der Waals surface area contributed by atoms with Crippen molar-refractivity contribution in [1.29, 1.82) is 0 Å². The maximum absolute atomic E-state index is 12.0. The van der Waals surface area contributed by atoms with Crippen LogP contribution in [0.4, 0.5) is 0 Å². The number of amides is 2. The van der Waals surface area contributed by atoms with Crippen molar-refractivity contribution < 1.29 is 19.1 Å². The predicted octanol–water partition coefficient (Wildman–Crippen LogP) is 2.81. The molecule has 0 saturated carbocycles. The summed E-state index contributed by atoms with van der Waals surface area (Å²) in [6, 6.07) is 13.7. The molecule has 2 aromatic rings. The Bertz CT molecular complexity index is 820. The van der Waals surface area contributed by atoms with Crippen molar-refractivity contribution >= 4 is 11.8 Å². The molecule has 0 saturated heterocycles. The SMILES string of the molecule is COc1ccc(OC)c(CCNC(=O)CNC(=O)CCCc2ccccc2C)c1. The fourth-order valence-electron chi connectivity index (χ4n) is 3.07. The lowest BCUT2D eigenvalue weighted by atomic mass is 10.0. The zero-order chi connectivity index (χ0) is 21.1. The molecule has 6 heteroatoms. The van der Waals surface area contributed by atoms with Crippen LogP contribution in [0.1, 0.15) is 29.5 Å². The number of aryl methyl sites for hydroxylation is 2. The van der Waals surface area contributed by atoms with E-state index in [4.69, 9.17) is 9.47 Å². The zero-order valence-corrected chi connectivity index (χ0v) is 17.4. The Morgan fingerprint density at radius 1 is 0.897 bits per heavy atom. The van der Waals surface area contributed by atoms with Gasteiger partial charge < -0.3 is 20.1 Å². The molecule has 0 aliphatic rings. The molecule has 0 unspecified atom stereocenters. The number of nitrogens with one attached hydrogen (secondary N) is 2. The molecule has 2 N–H and O–H groups in total. The van der Waals surface area contributed by atoms with Crippen molar-refractivity contribution in [1.82, 2.24) is 10.6 Å². The van der Waals surface area contributed by atoms with E-state index in [-0.39, 0.29) is 18.4 Å². The number of carbonyl (C=O) groups excluding carboxylic acids is 2. The Morgan fingerprint density at radius 2 is 1.69 bits per heavy atom. The average Bonchev–Trinajstić information content (AvgIpc) is 2.73. The summed E-state index contributed by atoms with van der Waals surface area (Å²) in [4.78, 5) is 23.9. The second-order valence-electron chi connectivity index (χ2n) is 6.83. The standard InChI is InChI=1S/C23H30N2O4/c1-17-7-4-5-8-18(17)9-6-10-22(26)25-16-23(27)24-14-13-19-15-20(28-2)11-12-21(19)29-3/h4-5,7-8,11-12,15H,6,9-10,13-14,16H2,1-3H3,(H,24,27)(H,25,26). The first kappa shape index (κ1) is 22.3. The van der Waals surface area contributed by atoms with Gasteiger partial charge in [-0.1, -0.05) is 24.3 Å². The van der Waals surface area contributed by atoms with Crippen molar-refractivity contribution in [3.8, 4) is 11.5 Å². The number of carbonyl (C=O) groups is 2. The molecule has 6 nitrogen and oxygen atoms in total. The van der Waals surface area contributed by atoms with Crippen molar-refractivity contribution in [2.45, 2.75) is 32.6 Å². The Morgan fingerprint density at radius 3 is 2.41 bits per heavy atom. The smallest absolute Gasteiger partial charge is 0.239 e. The molecule has 0 radical (unpaired) electrons. The van der Waals surface area contributed by atoms with Gasteiger partial charge in [0.15, 0.2) is 0 Å². The summed E-state index contributed by atoms with van der Waals surface area (Å²) in [6.45, 7) is 2.50. The van der Waals surface area contributed by atoms with Gasteiger partial charge in [-0.25, -0.2) is 0 Å². The molecule has 0 atom stereocenters. The van der Waals surface area contributed by atoms with Crippen LogP contribution in [0.2, 0.25) is 0 Å². The number of ether oxygens (including phenoxy) is 2. The Hall–Kier alpha value is -3.02. The van der Waals surface area contributed by atoms with Crippen LogP contribution in [0, 0.1) is 6.92 Å². The van der Waals surface area contributed by atoms with Gasteiger partial charge in [-0.05, 0) is 61.1 Å². The maximum Gasteiger partial charge on any atom is 0.239 e. The maximum atomic E-state index is 12.0. The van der Waals surface area contributed by atoms with Crippen LogP contribution in [-0.4, -0.2) is 39.1 Å².